The molecule has 1 aromatic heterocycles. The lowest BCUT2D eigenvalue weighted by atomic mass is 9.93. The van der Waals surface area contributed by atoms with Crippen molar-refractivity contribution in [2.45, 2.75) is 32.3 Å². The first-order valence-corrected chi connectivity index (χ1v) is 7.53. The van der Waals surface area contributed by atoms with Gasteiger partial charge in [-0.1, -0.05) is 0 Å². The summed E-state index contributed by atoms with van der Waals surface area (Å²) in [5, 5.41) is 3.40. The number of aromatic nitrogens is 1. The summed E-state index contributed by atoms with van der Waals surface area (Å²) in [6.07, 6.45) is 6.95. The van der Waals surface area contributed by atoms with Crippen LogP contribution in [0.4, 0.5) is 0 Å². The Bertz CT molecular complexity index is 359. The molecule has 1 aromatic rings. The van der Waals surface area contributed by atoms with Crippen molar-refractivity contribution >= 4 is 28.3 Å². The van der Waals surface area contributed by atoms with Crippen LogP contribution in [0, 0.1) is 5.92 Å². The van der Waals surface area contributed by atoms with Crippen LogP contribution in [0.15, 0.2) is 22.9 Å². The summed E-state index contributed by atoms with van der Waals surface area (Å²) >= 11 is 3.36. The lowest BCUT2D eigenvalue weighted by Gasteiger charge is -2.22. The number of nitrogens with zero attached hydrogens (tertiary/aromatic N) is 1. The van der Waals surface area contributed by atoms with E-state index in [0.29, 0.717) is 6.61 Å². The van der Waals surface area contributed by atoms with Crippen LogP contribution >= 0.6 is 28.3 Å². The number of halogens is 2. The summed E-state index contributed by atoms with van der Waals surface area (Å²) in [7, 11) is 0. The highest BCUT2D eigenvalue weighted by Crippen LogP contribution is 2.17. The SMILES string of the molecule is Brc1cc(COCCCC2CCNCC2)ccn1.Cl. The Balaban J connectivity index is 0.00000180. The van der Waals surface area contributed by atoms with E-state index in [1.54, 1.807) is 6.20 Å². The highest BCUT2D eigenvalue weighted by molar-refractivity contribution is 9.10. The molecule has 3 nitrogen and oxygen atoms in total. The first-order chi connectivity index (χ1) is 8.84. The van der Waals surface area contributed by atoms with Crippen molar-refractivity contribution in [2.75, 3.05) is 19.7 Å². The van der Waals surface area contributed by atoms with Crippen molar-refractivity contribution in [2.24, 2.45) is 5.92 Å². The molecule has 0 aromatic carbocycles. The van der Waals surface area contributed by atoms with Crippen LogP contribution in [0.2, 0.25) is 0 Å². The van der Waals surface area contributed by atoms with Gasteiger partial charge in [-0.25, -0.2) is 4.98 Å². The zero-order chi connectivity index (χ0) is 12.6. The van der Waals surface area contributed by atoms with Gasteiger partial charge in [0.05, 0.1) is 6.61 Å². The Kier molecular flexibility index (Phi) is 8.62. The lowest BCUT2D eigenvalue weighted by Crippen LogP contribution is -2.27. The Morgan fingerprint density at radius 2 is 2.16 bits per heavy atom. The van der Waals surface area contributed by atoms with Gasteiger partial charge in [0, 0.05) is 12.8 Å². The molecule has 2 rings (SSSR count). The molecule has 5 heteroatoms. The second-order valence-electron chi connectivity index (χ2n) is 4.88. The molecule has 19 heavy (non-hydrogen) atoms. The van der Waals surface area contributed by atoms with E-state index in [-0.39, 0.29) is 12.4 Å². The zero-order valence-corrected chi connectivity index (χ0v) is 13.5. The van der Waals surface area contributed by atoms with Gasteiger partial charge >= 0.3 is 0 Å². The highest BCUT2D eigenvalue weighted by Gasteiger charge is 2.11. The van der Waals surface area contributed by atoms with E-state index < -0.39 is 0 Å². The molecular formula is C14H22BrClN2O. The summed E-state index contributed by atoms with van der Waals surface area (Å²) in [4.78, 5) is 4.10. The predicted molar refractivity (Wildman–Crippen MR) is 83.7 cm³/mol. The molecule has 1 saturated heterocycles. The molecule has 1 aliphatic heterocycles. The van der Waals surface area contributed by atoms with Crippen molar-refractivity contribution in [3.63, 3.8) is 0 Å². The largest absolute Gasteiger partial charge is 0.377 e. The summed E-state index contributed by atoms with van der Waals surface area (Å²) in [5.41, 5.74) is 1.18. The molecular weight excluding hydrogens is 328 g/mol. The third-order valence-electron chi connectivity index (χ3n) is 3.42. The Labute approximate surface area is 130 Å². The van der Waals surface area contributed by atoms with E-state index in [2.05, 4.69) is 26.2 Å². The minimum Gasteiger partial charge on any atom is -0.377 e. The minimum absolute atomic E-state index is 0. The van der Waals surface area contributed by atoms with Crippen LogP contribution in [-0.2, 0) is 11.3 Å². The average molecular weight is 350 g/mol. The number of rotatable bonds is 6. The molecule has 1 N–H and O–H groups in total. The molecule has 0 bridgehead atoms. The Hall–Kier alpha value is -0.160. The number of hydrogen-bond donors (Lipinski definition) is 1. The molecule has 0 amide bonds. The summed E-state index contributed by atoms with van der Waals surface area (Å²) in [6, 6.07) is 4.00. The van der Waals surface area contributed by atoms with Crippen LogP contribution in [0.25, 0.3) is 0 Å². The van der Waals surface area contributed by atoms with E-state index in [4.69, 9.17) is 4.74 Å². The third-order valence-corrected chi connectivity index (χ3v) is 3.85. The van der Waals surface area contributed by atoms with Crippen LogP contribution in [-0.4, -0.2) is 24.7 Å². The highest BCUT2D eigenvalue weighted by atomic mass is 79.9. The summed E-state index contributed by atoms with van der Waals surface area (Å²) in [5.74, 6) is 0.907. The van der Waals surface area contributed by atoms with Gasteiger partial charge in [0.15, 0.2) is 0 Å². The van der Waals surface area contributed by atoms with Crippen LogP contribution < -0.4 is 5.32 Å². The van der Waals surface area contributed by atoms with Crippen LogP contribution in [0.1, 0.15) is 31.2 Å². The fourth-order valence-corrected chi connectivity index (χ4v) is 2.78. The number of hydrogen-bond acceptors (Lipinski definition) is 3. The van der Waals surface area contributed by atoms with E-state index in [1.807, 2.05) is 12.1 Å². The number of pyridine rings is 1. The van der Waals surface area contributed by atoms with Gasteiger partial charge in [-0.05, 0) is 78.3 Å². The van der Waals surface area contributed by atoms with Gasteiger partial charge in [0.1, 0.15) is 4.60 Å². The summed E-state index contributed by atoms with van der Waals surface area (Å²) in [6.45, 7) is 3.93. The van der Waals surface area contributed by atoms with Gasteiger partial charge in [-0.3, -0.25) is 0 Å². The first-order valence-electron chi connectivity index (χ1n) is 6.73. The van der Waals surface area contributed by atoms with Crippen molar-refractivity contribution < 1.29 is 4.74 Å². The molecule has 0 aliphatic carbocycles. The molecule has 1 aliphatic rings. The van der Waals surface area contributed by atoms with Crippen molar-refractivity contribution in [3.05, 3.63) is 28.5 Å². The van der Waals surface area contributed by atoms with E-state index in [9.17, 15) is 0 Å². The van der Waals surface area contributed by atoms with Crippen molar-refractivity contribution in [1.29, 1.82) is 0 Å². The molecule has 0 spiro atoms. The molecule has 1 fully saturated rings. The fraction of sp³-hybridized carbons (Fsp3) is 0.643. The quantitative estimate of drug-likeness (QED) is 0.630. The second kappa shape index (κ2) is 9.70. The van der Waals surface area contributed by atoms with Gasteiger partial charge in [0.25, 0.3) is 0 Å². The van der Waals surface area contributed by atoms with E-state index in [0.717, 1.165) is 17.1 Å². The Morgan fingerprint density at radius 3 is 2.89 bits per heavy atom. The summed E-state index contributed by atoms with van der Waals surface area (Å²) < 4.78 is 6.57. The topological polar surface area (TPSA) is 34.1 Å². The number of nitrogens with one attached hydrogen (secondary N) is 1. The lowest BCUT2D eigenvalue weighted by molar-refractivity contribution is 0.112. The smallest absolute Gasteiger partial charge is 0.106 e. The van der Waals surface area contributed by atoms with E-state index in [1.165, 1.54) is 44.3 Å². The molecule has 2 heterocycles. The minimum atomic E-state index is 0. The van der Waals surface area contributed by atoms with Gasteiger partial charge in [-0.2, -0.15) is 0 Å². The fourth-order valence-electron chi connectivity index (χ4n) is 2.37. The number of piperidine rings is 1. The van der Waals surface area contributed by atoms with Gasteiger partial charge in [0.2, 0.25) is 0 Å². The van der Waals surface area contributed by atoms with Crippen LogP contribution in [0.3, 0.4) is 0 Å². The van der Waals surface area contributed by atoms with Gasteiger partial charge in [-0.15, -0.1) is 12.4 Å². The molecule has 108 valence electrons. The predicted octanol–water partition coefficient (Wildman–Crippen LogP) is 3.56. The van der Waals surface area contributed by atoms with Crippen molar-refractivity contribution in [1.82, 2.24) is 10.3 Å². The third kappa shape index (κ3) is 6.70. The Morgan fingerprint density at radius 1 is 1.37 bits per heavy atom. The van der Waals surface area contributed by atoms with Gasteiger partial charge < -0.3 is 10.1 Å². The number of ether oxygens (including phenoxy) is 1. The molecule has 0 radical (unpaired) electrons. The molecule has 0 saturated carbocycles. The zero-order valence-electron chi connectivity index (χ0n) is 11.1. The monoisotopic (exact) mass is 348 g/mol. The average Bonchev–Trinajstić information content (AvgIpc) is 2.40. The second-order valence-corrected chi connectivity index (χ2v) is 5.69. The first kappa shape index (κ1) is 16.9. The molecule has 0 atom stereocenters. The van der Waals surface area contributed by atoms with Crippen molar-refractivity contribution in [3.8, 4) is 0 Å². The maximum Gasteiger partial charge on any atom is 0.106 e. The maximum absolute atomic E-state index is 5.70. The van der Waals surface area contributed by atoms with Crippen LogP contribution in [0.5, 0.6) is 0 Å². The van der Waals surface area contributed by atoms with E-state index >= 15 is 0 Å². The maximum atomic E-state index is 5.70. The molecule has 0 unspecified atom stereocenters. The normalized spacial score (nSPS) is 16.1. The standard InChI is InChI=1S/C14H21BrN2O.ClH/c15-14-10-13(5-8-17-14)11-18-9-1-2-12-3-6-16-7-4-12;/h5,8,10,12,16H,1-4,6-7,9,11H2;1H.